The standard InChI is InChI=1S/C26H29N3O9/c1-10(30)4-7-15(31)28-14-6-5-11-8-12-9-13-19(29(2)3)22(34)18(25(27)37)24(36)26(13,38)23(35)17(12)21(33)16(11)20(14)32/h5-6,12-13,19,32,34-35,38H,4,7-9H2,1-3H3,(H2,27,37)(H,28,31)/t12-,13-,19-,26-/m0/s1. The Balaban J connectivity index is 1.81. The van der Waals surface area contributed by atoms with Gasteiger partial charge in [0.25, 0.3) is 5.91 Å². The van der Waals surface area contributed by atoms with Gasteiger partial charge in [0.1, 0.15) is 22.9 Å². The number of primary amides is 1. The molecule has 0 radical (unpaired) electrons. The molecule has 4 rings (SSSR count). The van der Waals surface area contributed by atoms with E-state index in [1.807, 2.05) is 0 Å². The molecular formula is C26H29N3O9. The first-order chi connectivity index (χ1) is 17.7. The van der Waals surface area contributed by atoms with E-state index in [0.717, 1.165) is 0 Å². The number of rotatable bonds is 6. The molecule has 38 heavy (non-hydrogen) atoms. The maximum absolute atomic E-state index is 13.6. The second-order valence-corrected chi connectivity index (χ2v) is 10.2. The van der Waals surface area contributed by atoms with Crippen LogP contribution in [-0.4, -0.2) is 80.2 Å². The zero-order valence-corrected chi connectivity index (χ0v) is 21.1. The molecule has 0 spiro atoms. The number of amides is 2. The molecule has 0 bridgehead atoms. The summed E-state index contributed by atoms with van der Waals surface area (Å²) in [6, 6.07) is 1.89. The summed E-state index contributed by atoms with van der Waals surface area (Å²) in [4.78, 5) is 63.8. The minimum Gasteiger partial charge on any atom is -0.510 e. The molecule has 4 atom stereocenters. The number of nitrogens with one attached hydrogen (secondary N) is 1. The zero-order chi connectivity index (χ0) is 28.3. The molecule has 0 saturated heterocycles. The number of phenolic OH excluding ortho intramolecular Hbond substituents is 1. The van der Waals surface area contributed by atoms with Crippen molar-refractivity contribution in [1.82, 2.24) is 4.90 Å². The molecule has 3 aliphatic rings. The van der Waals surface area contributed by atoms with Crippen LogP contribution in [0.1, 0.15) is 42.1 Å². The highest BCUT2D eigenvalue weighted by atomic mass is 16.3. The third-order valence-corrected chi connectivity index (χ3v) is 7.57. The van der Waals surface area contributed by atoms with Gasteiger partial charge >= 0.3 is 0 Å². The van der Waals surface area contributed by atoms with Crippen LogP contribution >= 0.6 is 0 Å². The first-order valence-corrected chi connectivity index (χ1v) is 12.0. The van der Waals surface area contributed by atoms with Crippen LogP contribution in [0.4, 0.5) is 5.69 Å². The van der Waals surface area contributed by atoms with E-state index in [1.165, 1.54) is 17.9 Å². The third-order valence-electron chi connectivity index (χ3n) is 7.57. The lowest BCUT2D eigenvalue weighted by atomic mass is 9.58. The van der Waals surface area contributed by atoms with Gasteiger partial charge in [-0.05, 0) is 51.4 Å². The molecule has 0 aromatic heterocycles. The molecule has 3 aliphatic carbocycles. The Hall–Kier alpha value is -4.03. The van der Waals surface area contributed by atoms with Gasteiger partial charge in [0.05, 0.1) is 17.3 Å². The van der Waals surface area contributed by atoms with Crippen molar-refractivity contribution < 1.29 is 44.4 Å². The van der Waals surface area contributed by atoms with Gasteiger partial charge in [-0.25, -0.2) is 0 Å². The largest absolute Gasteiger partial charge is 0.510 e. The molecule has 0 heterocycles. The fraction of sp³-hybridized carbons (Fsp3) is 0.423. The monoisotopic (exact) mass is 527 g/mol. The highest BCUT2D eigenvalue weighted by Crippen LogP contribution is 2.52. The van der Waals surface area contributed by atoms with Crippen LogP contribution in [0.25, 0.3) is 0 Å². The van der Waals surface area contributed by atoms with Crippen LogP contribution in [-0.2, 0) is 25.6 Å². The van der Waals surface area contributed by atoms with Crippen molar-refractivity contribution >= 4 is 34.9 Å². The van der Waals surface area contributed by atoms with Gasteiger partial charge in [-0.15, -0.1) is 0 Å². The van der Waals surface area contributed by atoms with Gasteiger partial charge < -0.3 is 36.3 Å². The first-order valence-electron chi connectivity index (χ1n) is 12.0. The fourth-order valence-electron chi connectivity index (χ4n) is 5.83. The third kappa shape index (κ3) is 3.96. The molecule has 202 valence electrons. The van der Waals surface area contributed by atoms with Crippen LogP contribution in [0.5, 0.6) is 5.75 Å². The van der Waals surface area contributed by atoms with Gasteiger partial charge in [0.2, 0.25) is 11.7 Å². The number of phenols is 1. The van der Waals surface area contributed by atoms with Crippen LogP contribution in [0.2, 0.25) is 0 Å². The summed E-state index contributed by atoms with van der Waals surface area (Å²) < 4.78 is 0. The zero-order valence-electron chi connectivity index (χ0n) is 21.1. The van der Waals surface area contributed by atoms with Crippen molar-refractivity contribution in [2.75, 3.05) is 19.4 Å². The number of carbonyl (C=O) groups is 5. The van der Waals surface area contributed by atoms with Crippen molar-refractivity contribution in [3.05, 3.63) is 45.9 Å². The van der Waals surface area contributed by atoms with E-state index in [4.69, 9.17) is 5.73 Å². The summed E-state index contributed by atoms with van der Waals surface area (Å²) in [7, 11) is 3.11. The second kappa shape index (κ2) is 9.37. The lowest BCUT2D eigenvalue weighted by molar-refractivity contribution is -0.148. The van der Waals surface area contributed by atoms with Crippen molar-refractivity contribution in [2.45, 2.75) is 44.2 Å². The lowest BCUT2D eigenvalue weighted by Crippen LogP contribution is -2.63. The van der Waals surface area contributed by atoms with Crippen LogP contribution in [0, 0.1) is 11.8 Å². The normalized spacial score (nSPS) is 26.6. The molecule has 1 aromatic carbocycles. The Morgan fingerprint density at radius 3 is 2.37 bits per heavy atom. The maximum atomic E-state index is 13.6. The quantitative estimate of drug-likeness (QED) is 0.222. The molecular weight excluding hydrogens is 498 g/mol. The van der Waals surface area contributed by atoms with Crippen LogP contribution < -0.4 is 11.1 Å². The highest BCUT2D eigenvalue weighted by molar-refractivity contribution is 6.25. The van der Waals surface area contributed by atoms with E-state index in [0.29, 0.717) is 5.56 Å². The Morgan fingerprint density at radius 2 is 1.79 bits per heavy atom. The summed E-state index contributed by atoms with van der Waals surface area (Å²) in [5.41, 5.74) is 1.55. The van der Waals surface area contributed by atoms with E-state index >= 15 is 0 Å². The Bertz CT molecular complexity index is 1360. The minimum absolute atomic E-state index is 0.00207. The van der Waals surface area contributed by atoms with Gasteiger partial charge in [0, 0.05) is 24.3 Å². The summed E-state index contributed by atoms with van der Waals surface area (Å²) >= 11 is 0. The first kappa shape index (κ1) is 27.0. The number of aliphatic hydroxyl groups excluding tert-OH is 2. The molecule has 0 saturated carbocycles. The Morgan fingerprint density at radius 1 is 1.13 bits per heavy atom. The molecule has 0 fully saturated rings. The highest BCUT2D eigenvalue weighted by Gasteiger charge is 2.63. The maximum Gasteiger partial charge on any atom is 0.255 e. The van der Waals surface area contributed by atoms with Crippen molar-refractivity contribution in [2.24, 2.45) is 17.6 Å². The number of hydrogen-bond donors (Lipinski definition) is 6. The predicted molar refractivity (Wildman–Crippen MR) is 132 cm³/mol. The number of aliphatic hydroxyl groups is 3. The second-order valence-electron chi connectivity index (χ2n) is 10.2. The summed E-state index contributed by atoms with van der Waals surface area (Å²) in [5.74, 6) is -8.17. The molecule has 12 nitrogen and oxygen atoms in total. The number of nitrogens with zero attached hydrogens (tertiary/aromatic N) is 1. The van der Waals surface area contributed by atoms with E-state index < -0.39 is 69.7 Å². The molecule has 0 aliphatic heterocycles. The number of fused-ring (bicyclic) bond motifs is 3. The van der Waals surface area contributed by atoms with E-state index in [9.17, 15) is 44.4 Å². The predicted octanol–water partition coefficient (Wildman–Crippen LogP) is 0.428. The number of allylic oxidation sites excluding steroid dienone is 1. The van der Waals surface area contributed by atoms with E-state index in [1.54, 1.807) is 20.2 Å². The summed E-state index contributed by atoms with van der Waals surface area (Å²) in [6.07, 6.45) is -0.00537. The number of carbonyl (C=O) groups excluding carboxylic acids is 5. The average Bonchev–Trinajstić information content (AvgIpc) is 2.81. The van der Waals surface area contributed by atoms with Crippen molar-refractivity contribution in [3.8, 4) is 5.75 Å². The number of aromatic hydroxyl groups is 1. The summed E-state index contributed by atoms with van der Waals surface area (Å²) in [5, 5.41) is 46.9. The number of benzene rings is 1. The Kier molecular flexibility index (Phi) is 6.66. The number of nitrogens with two attached hydrogens (primary N) is 1. The number of hydrogen-bond acceptors (Lipinski definition) is 10. The fourth-order valence-corrected chi connectivity index (χ4v) is 5.83. The van der Waals surface area contributed by atoms with Crippen LogP contribution in [0.15, 0.2) is 34.8 Å². The minimum atomic E-state index is -2.72. The van der Waals surface area contributed by atoms with Gasteiger partial charge in [-0.3, -0.25) is 24.1 Å². The molecule has 0 unspecified atom stereocenters. The van der Waals surface area contributed by atoms with Gasteiger partial charge in [-0.1, -0.05) is 6.07 Å². The smallest absolute Gasteiger partial charge is 0.255 e. The van der Waals surface area contributed by atoms with Crippen LogP contribution in [0.3, 0.4) is 0 Å². The van der Waals surface area contributed by atoms with Crippen molar-refractivity contribution in [1.29, 1.82) is 0 Å². The molecule has 7 N–H and O–H groups in total. The van der Waals surface area contributed by atoms with Gasteiger partial charge in [0.15, 0.2) is 17.1 Å². The molecule has 1 aromatic rings. The average molecular weight is 528 g/mol. The molecule has 2 amide bonds. The number of anilines is 1. The number of likely N-dealkylation sites (N-methyl/N-ethyl adjacent to an activating group) is 1. The number of Topliss-reactive ketones (excluding diaryl/α,β-unsaturated/α-hetero) is 3. The van der Waals surface area contributed by atoms with Gasteiger partial charge in [-0.2, -0.15) is 0 Å². The van der Waals surface area contributed by atoms with E-state index in [2.05, 4.69) is 5.32 Å². The van der Waals surface area contributed by atoms with Crippen molar-refractivity contribution in [3.63, 3.8) is 0 Å². The number of ketones is 3. The topological polar surface area (TPSA) is 208 Å². The summed E-state index contributed by atoms with van der Waals surface area (Å²) in [6.45, 7) is 1.34. The SMILES string of the molecule is CC(=O)CCC(=O)Nc1ccc2c(c1O)C(=O)C1=C(O)[C@]3(O)C(=O)C(C(N)=O)=C(O)[C@@H](N(C)C)[C@@H]3C[C@@H]1C2. The molecule has 12 heteroatoms. The van der Waals surface area contributed by atoms with E-state index in [-0.39, 0.29) is 48.3 Å². The Labute approximate surface area is 217 Å². The lowest BCUT2D eigenvalue weighted by Gasteiger charge is -2.50.